The second-order valence-corrected chi connectivity index (χ2v) is 5.77. The Balaban J connectivity index is 2.17. The molecule has 4 heteroatoms. The molecule has 1 aromatic heterocycles. The summed E-state index contributed by atoms with van der Waals surface area (Å²) in [5.74, 6) is 0.662. The first kappa shape index (κ1) is 15.5. The van der Waals surface area contributed by atoms with Crippen molar-refractivity contribution in [3.8, 4) is 0 Å². The highest BCUT2D eigenvalue weighted by Crippen LogP contribution is 2.34. The number of likely N-dealkylation sites (N-methyl/N-ethyl adjacent to an activating group) is 1. The molecule has 20 heavy (non-hydrogen) atoms. The van der Waals surface area contributed by atoms with Gasteiger partial charge in [0.05, 0.1) is 17.8 Å². The number of aryl methyl sites for hydroxylation is 1. The molecule has 0 aromatic carbocycles. The number of hydrogen-bond donors (Lipinski definition) is 1. The minimum absolute atomic E-state index is 0.212. The molecule has 1 aromatic rings. The summed E-state index contributed by atoms with van der Waals surface area (Å²) in [4.78, 5) is 0. The van der Waals surface area contributed by atoms with Crippen LogP contribution in [0.25, 0.3) is 0 Å². The molecule has 0 radical (unpaired) electrons. The first-order chi connectivity index (χ1) is 9.76. The third-order valence-corrected chi connectivity index (χ3v) is 4.28. The topological polar surface area (TPSA) is 39.1 Å². The predicted molar refractivity (Wildman–Crippen MR) is 81.6 cm³/mol. The fraction of sp³-hybridized carbons (Fsp3) is 0.812. The van der Waals surface area contributed by atoms with Crippen LogP contribution in [0.3, 0.4) is 0 Å². The third-order valence-electron chi connectivity index (χ3n) is 4.28. The molecule has 0 spiro atoms. The highest BCUT2D eigenvalue weighted by atomic mass is 16.5. The summed E-state index contributed by atoms with van der Waals surface area (Å²) in [7, 11) is 1.97. The lowest BCUT2D eigenvalue weighted by atomic mass is 9.81. The van der Waals surface area contributed by atoms with E-state index in [0.29, 0.717) is 5.92 Å². The summed E-state index contributed by atoms with van der Waals surface area (Å²) in [6.45, 7) is 5.96. The molecule has 2 rings (SSSR count). The number of rotatable bonds is 7. The van der Waals surface area contributed by atoms with Crippen LogP contribution >= 0.6 is 0 Å². The monoisotopic (exact) mass is 279 g/mol. The maximum Gasteiger partial charge on any atom is 0.0820 e. The summed E-state index contributed by atoms with van der Waals surface area (Å²) >= 11 is 0. The molecule has 1 N–H and O–H groups in total. The lowest BCUT2D eigenvalue weighted by Gasteiger charge is -2.35. The van der Waals surface area contributed by atoms with Crippen LogP contribution in [0.4, 0.5) is 0 Å². The van der Waals surface area contributed by atoms with Crippen LogP contribution in [0.5, 0.6) is 0 Å². The summed E-state index contributed by atoms with van der Waals surface area (Å²) < 4.78 is 8.03. The van der Waals surface area contributed by atoms with Crippen LogP contribution in [0.1, 0.15) is 57.7 Å². The van der Waals surface area contributed by atoms with Crippen molar-refractivity contribution in [3.63, 3.8) is 0 Å². The number of hydrogen-bond acceptors (Lipinski definition) is 3. The van der Waals surface area contributed by atoms with Crippen LogP contribution < -0.4 is 5.32 Å². The van der Waals surface area contributed by atoms with Crippen molar-refractivity contribution in [2.45, 2.75) is 58.1 Å². The molecular formula is C16H29N3O. The second-order valence-electron chi connectivity index (χ2n) is 5.77. The Morgan fingerprint density at radius 2 is 2.10 bits per heavy atom. The first-order valence-corrected chi connectivity index (χ1v) is 8.10. The van der Waals surface area contributed by atoms with Crippen molar-refractivity contribution < 1.29 is 4.74 Å². The van der Waals surface area contributed by atoms with Crippen molar-refractivity contribution in [2.24, 2.45) is 13.0 Å². The molecule has 0 saturated heterocycles. The SMILES string of the molecule is CCNC(c1ccn(C)n1)C(OCC)C1CCCCC1. The number of ether oxygens (including phenoxy) is 1. The summed E-state index contributed by atoms with van der Waals surface area (Å²) in [5.41, 5.74) is 1.11. The molecule has 2 atom stereocenters. The van der Waals surface area contributed by atoms with E-state index in [1.807, 2.05) is 17.9 Å². The van der Waals surface area contributed by atoms with Gasteiger partial charge in [-0.1, -0.05) is 26.2 Å². The van der Waals surface area contributed by atoms with Crippen molar-refractivity contribution in [2.75, 3.05) is 13.2 Å². The standard InChI is InChI=1S/C16H29N3O/c1-4-17-15(14-11-12-19(3)18-14)16(20-5-2)13-9-7-6-8-10-13/h11-13,15-17H,4-10H2,1-3H3. The number of nitrogens with zero attached hydrogens (tertiary/aromatic N) is 2. The minimum Gasteiger partial charge on any atom is -0.376 e. The molecule has 0 amide bonds. The fourth-order valence-electron chi connectivity index (χ4n) is 3.37. The van der Waals surface area contributed by atoms with E-state index in [-0.39, 0.29) is 12.1 Å². The van der Waals surface area contributed by atoms with Gasteiger partial charge in [0, 0.05) is 19.9 Å². The maximum absolute atomic E-state index is 6.15. The molecular weight excluding hydrogens is 250 g/mol. The molecule has 114 valence electrons. The average Bonchev–Trinajstić information content (AvgIpc) is 2.90. The zero-order chi connectivity index (χ0) is 14.4. The first-order valence-electron chi connectivity index (χ1n) is 8.10. The van der Waals surface area contributed by atoms with Crippen molar-refractivity contribution in [3.05, 3.63) is 18.0 Å². The average molecular weight is 279 g/mol. The lowest BCUT2D eigenvalue weighted by molar-refractivity contribution is -0.0190. The Morgan fingerprint density at radius 3 is 2.65 bits per heavy atom. The Kier molecular flexibility index (Phi) is 6.05. The normalized spacial score (nSPS) is 19.9. The number of aromatic nitrogens is 2. The van der Waals surface area contributed by atoms with E-state index in [4.69, 9.17) is 4.74 Å². The largest absolute Gasteiger partial charge is 0.376 e. The maximum atomic E-state index is 6.15. The van der Waals surface area contributed by atoms with Crippen molar-refractivity contribution in [1.29, 1.82) is 0 Å². The zero-order valence-corrected chi connectivity index (χ0v) is 13.1. The van der Waals surface area contributed by atoms with Crippen molar-refractivity contribution in [1.82, 2.24) is 15.1 Å². The van der Waals surface area contributed by atoms with Gasteiger partial charge in [0.1, 0.15) is 0 Å². The molecule has 1 heterocycles. The molecule has 1 aliphatic carbocycles. The molecule has 1 saturated carbocycles. The highest BCUT2D eigenvalue weighted by molar-refractivity contribution is 5.09. The highest BCUT2D eigenvalue weighted by Gasteiger charge is 2.32. The van der Waals surface area contributed by atoms with E-state index in [9.17, 15) is 0 Å². The Hall–Kier alpha value is -0.870. The van der Waals surface area contributed by atoms with Gasteiger partial charge in [-0.3, -0.25) is 4.68 Å². The molecule has 0 aliphatic heterocycles. The molecule has 1 aliphatic rings. The van der Waals surface area contributed by atoms with Gasteiger partial charge in [0.25, 0.3) is 0 Å². The zero-order valence-electron chi connectivity index (χ0n) is 13.1. The molecule has 0 bridgehead atoms. The lowest BCUT2D eigenvalue weighted by Crippen LogP contribution is -2.40. The molecule has 2 unspecified atom stereocenters. The minimum atomic E-state index is 0.212. The smallest absolute Gasteiger partial charge is 0.0820 e. The Bertz CT molecular complexity index is 385. The quantitative estimate of drug-likeness (QED) is 0.834. The van der Waals surface area contributed by atoms with Gasteiger partial charge in [0.2, 0.25) is 0 Å². The van der Waals surface area contributed by atoms with Gasteiger partial charge in [-0.15, -0.1) is 0 Å². The van der Waals surface area contributed by atoms with Gasteiger partial charge in [-0.05, 0) is 38.3 Å². The van der Waals surface area contributed by atoms with E-state index in [0.717, 1.165) is 18.8 Å². The predicted octanol–water partition coefficient (Wildman–Crippen LogP) is 3.06. The van der Waals surface area contributed by atoms with Gasteiger partial charge in [-0.2, -0.15) is 5.10 Å². The van der Waals surface area contributed by atoms with E-state index in [2.05, 4.69) is 30.3 Å². The van der Waals surface area contributed by atoms with Crippen LogP contribution in [0, 0.1) is 5.92 Å². The Morgan fingerprint density at radius 1 is 1.35 bits per heavy atom. The Labute approximate surface area is 122 Å². The van der Waals surface area contributed by atoms with Gasteiger partial charge in [0.15, 0.2) is 0 Å². The van der Waals surface area contributed by atoms with Crippen molar-refractivity contribution >= 4 is 0 Å². The van der Waals surface area contributed by atoms with Crippen LogP contribution in [-0.4, -0.2) is 29.0 Å². The van der Waals surface area contributed by atoms with Gasteiger partial charge in [-0.25, -0.2) is 0 Å². The molecule has 1 fully saturated rings. The summed E-state index contributed by atoms with van der Waals surface area (Å²) in [6.07, 6.45) is 8.91. The van der Waals surface area contributed by atoms with E-state index < -0.39 is 0 Å². The third kappa shape index (κ3) is 3.83. The van der Waals surface area contributed by atoms with Crippen LogP contribution in [0.15, 0.2) is 12.3 Å². The van der Waals surface area contributed by atoms with Gasteiger partial charge >= 0.3 is 0 Å². The van der Waals surface area contributed by atoms with E-state index in [1.165, 1.54) is 32.1 Å². The second kappa shape index (κ2) is 7.79. The van der Waals surface area contributed by atoms with Gasteiger partial charge < -0.3 is 10.1 Å². The van der Waals surface area contributed by atoms with E-state index >= 15 is 0 Å². The summed E-state index contributed by atoms with van der Waals surface area (Å²) in [6, 6.07) is 2.33. The van der Waals surface area contributed by atoms with Crippen LogP contribution in [-0.2, 0) is 11.8 Å². The number of nitrogens with one attached hydrogen (secondary N) is 1. The summed E-state index contributed by atoms with van der Waals surface area (Å²) in [5, 5.41) is 8.20. The van der Waals surface area contributed by atoms with E-state index in [1.54, 1.807) is 0 Å². The molecule has 4 nitrogen and oxygen atoms in total. The van der Waals surface area contributed by atoms with Crippen LogP contribution in [0.2, 0.25) is 0 Å². The fourth-order valence-corrected chi connectivity index (χ4v) is 3.37.